The molecule has 0 unspecified atom stereocenters. The van der Waals surface area contributed by atoms with E-state index in [2.05, 4.69) is 16.4 Å². The molecule has 8 nitrogen and oxygen atoms in total. The van der Waals surface area contributed by atoms with E-state index < -0.39 is 38.0 Å². The maximum Gasteiger partial charge on any atom is 0.244 e. The van der Waals surface area contributed by atoms with E-state index in [9.17, 15) is 23.3 Å². The molecular weight excluding hydrogens is 496 g/mol. The molecule has 2 heterocycles. The van der Waals surface area contributed by atoms with Crippen molar-refractivity contribution >= 4 is 44.6 Å². The number of nitrogens with zero attached hydrogens (tertiary/aromatic N) is 3. The summed E-state index contributed by atoms with van der Waals surface area (Å²) >= 11 is 7.59. The third kappa shape index (κ3) is 3.80. The molecule has 2 atom stereocenters. The third-order valence-corrected chi connectivity index (χ3v) is 10.7. The Morgan fingerprint density at radius 1 is 1.26 bits per heavy atom. The van der Waals surface area contributed by atoms with Crippen LogP contribution in [-0.4, -0.2) is 53.5 Å². The lowest BCUT2D eigenvalue weighted by Gasteiger charge is -2.28. The largest absolute Gasteiger partial charge is 0.336 e. The number of aromatic nitrogens is 1. The molecule has 178 valence electrons. The number of sulfone groups is 1. The maximum absolute atomic E-state index is 13.8. The number of hydrogen-bond donors (Lipinski definition) is 1. The Hall–Kier alpha value is -2.48. The lowest BCUT2D eigenvalue weighted by atomic mass is 10.1. The molecule has 1 aliphatic heterocycles. The highest BCUT2D eigenvalue weighted by Crippen LogP contribution is 2.52. The number of likely N-dealkylation sites (tertiary alicyclic amines) is 1. The van der Waals surface area contributed by atoms with E-state index in [4.69, 9.17) is 11.6 Å². The Labute approximate surface area is 206 Å². The molecule has 3 aliphatic rings. The maximum atomic E-state index is 13.8. The predicted molar refractivity (Wildman–Crippen MR) is 126 cm³/mol. The Bertz CT molecular complexity index is 1320. The molecule has 0 bridgehead atoms. The van der Waals surface area contributed by atoms with Crippen molar-refractivity contribution in [2.45, 2.75) is 66.2 Å². The summed E-state index contributed by atoms with van der Waals surface area (Å²) < 4.78 is 26.9. The van der Waals surface area contributed by atoms with E-state index in [0.29, 0.717) is 30.7 Å². The molecule has 11 heteroatoms. The van der Waals surface area contributed by atoms with Crippen molar-refractivity contribution < 1.29 is 18.0 Å². The van der Waals surface area contributed by atoms with Crippen molar-refractivity contribution in [3.05, 3.63) is 45.4 Å². The van der Waals surface area contributed by atoms with Crippen molar-refractivity contribution in [2.24, 2.45) is 0 Å². The van der Waals surface area contributed by atoms with Gasteiger partial charge in [-0.05, 0) is 51.2 Å². The van der Waals surface area contributed by atoms with Crippen LogP contribution in [0.3, 0.4) is 0 Å². The number of rotatable bonds is 6. The van der Waals surface area contributed by atoms with Crippen molar-refractivity contribution in [2.75, 3.05) is 6.54 Å². The zero-order valence-electron chi connectivity index (χ0n) is 18.5. The molecular formula is C23H23ClN4O4S2. The first kappa shape index (κ1) is 23.3. The summed E-state index contributed by atoms with van der Waals surface area (Å²) in [5.74, 6) is -0.768. The van der Waals surface area contributed by atoms with E-state index >= 15 is 0 Å². The van der Waals surface area contributed by atoms with Crippen molar-refractivity contribution in [1.82, 2.24) is 15.2 Å². The van der Waals surface area contributed by atoms with Crippen LogP contribution in [0.25, 0.3) is 0 Å². The van der Waals surface area contributed by atoms with Crippen LogP contribution < -0.4 is 5.32 Å². The number of nitriles is 1. The van der Waals surface area contributed by atoms with E-state index in [1.165, 1.54) is 28.4 Å². The summed E-state index contributed by atoms with van der Waals surface area (Å²) in [7, 11) is -3.91. The molecule has 2 aromatic rings. The molecule has 1 aromatic carbocycles. The summed E-state index contributed by atoms with van der Waals surface area (Å²) in [5.41, 5.74) is -0.916. The molecule has 0 radical (unpaired) electrons. The topological polar surface area (TPSA) is 120 Å². The average Bonchev–Trinajstić information content (AvgIpc) is 3.68. The number of thiazole rings is 1. The van der Waals surface area contributed by atoms with Crippen molar-refractivity contribution in [3.8, 4) is 6.07 Å². The minimum Gasteiger partial charge on any atom is -0.336 e. The van der Waals surface area contributed by atoms with Crippen molar-refractivity contribution in [1.29, 1.82) is 5.26 Å². The van der Waals surface area contributed by atoms with Crippen LogP contribution in [-0.2, 0) is 24.8 Å². The Morgan fingerprint density at radius 2 is 1.97 bits per heavy atom. The van der Waals surface area contributed by atoms with Crippen molar-refractivity contribution in [3.63, 3.8) is 0 Å². The second-order valence-corrected chi connectivity index (χ2v) is 12.8. The van der Waals surface area contributed by atoms with Crippen LogP contribution in [0, 0.1) is 18.3 Å². The molecule has 5 rings (SSSR count). The van der Waals surface area contributed by atoms with Crippen LogP contribution in [0.1, 0.15) is 42.8 Å². The van der Waals surface area contributed by atoms with Gasteiger partial charge < -0.3 is 10.2 Å². The second-order valence-electron chi connectivity index (χ2n) is 9.37. The Balaban J connectivity index is 1.48. The number of halogens is 1. The molecule has 1 N–H and O–H groups in total. The SMILES string of the molecule is Cc1csc(C2(C(=O)N3C[C@H](S(=O)(=O)c4ccccc4Cl)C[C@H]3C(=O)NC3(C#N)CC3)CC2)n1. The van der Waals surface area contributed by atoms with E-state index in [1.54, 1.807) is 12.1 Å². The van der Waals surface area contributed by atoms with E-state index in [0.717, 1.165) is 5.69 Å². The highest BCUT2D eigenvalue weighted by molar-refractivity contribution is 7.92. The van der Waals surface area contributed by atoms with Gasteiger partial charge in [-0.1, -0.05) is 23.7 Å². The zero-order valence-corrected chi connectivity index (χ0v) is 20.8. The van der Waals surface area contributed by atoms with Gasteiger partial charge in [-0.25, -0.2) is 13.4 Å². The molecule has 1 aromatic heterocycles. The molecule has 2 amide bonds. The van der Waals surface area contributed by atoms with Crippen LogP contribution in [0.5, 0.6) is 0 Å². The van der Waals surface area contributed by atoms with Gasteiger partial charge in [0.15, 0.2) is 9.84 Å². The predicted octanol–water partition coefficient (Wildman–Crippen LogP) is 2.75. The van der Waals surface area contributed by atoms with Gasteiger partial charge in [0.1, 0.15) is 22.0 Å². The summed E-state index contributed by atoms with van der Waals surface area (Å²) in [6.07, 6.45) is 2.24. The van der Waals surface area contributed by atoms with Gasteiger partial charge >= 0.3 is 0 Å². The number of amides is 2. The second kappa shape index (κ2) is 8.04. The lowest BCUT2D eigenvalue weighted by molar-refractivity contribution is -0.140. The first-order valence-electron chi connectivity index (χ1n) is 11.1. The minimum atomic E-state index is -3.91. The number of aryl methyl sites for hydroxylation is 1. The van der Waals surface area contributed by atoms with Gasteiger partial charge in [0.25, 0.3) is 0 Å². The summed E-state index contributed by atoms with van der Waals surface area (Å²) in [6, 6.07) is 7.31. The Morgan fingerprint density at radius 3 is 2.53 bits per heavy atom. The fourth-order valence-electron chi connectivity index (χ4n) is 4.55. The summed E-state index contributed by atoms with van der Waals surface area (Å²) in [4.78, 5) is 32.9. The minimum absolute atomic E-state index is 0.0116. The highest BCUT2D eigenvalue weighted by Gasteiger charge is 2.59. The molecule has 0 spiro atoms. The average molecular weight is 519 g/mol. The van der Waals surface area contributed by atoms with Crippen LogP contribution in [0.15, 0.2) is 34.5 Å². The monoisotopic (exact) mass is 518 g/mol. The summed E-state index contributed by atoms with van der Waals surface area (Å²) in [6.45, 7) is 1.74. The lowest BCUT2D eigenvalue weighted by Crippen LogP contribution is -2.51. The van der Waals surface area contributed by atoms with Crippen LogP contribution in [0.4, 0.5) is 0 Å². The normalized spacial score (nSPS) is 24.3. The fourth-order valence-corrected chi connectivity index (χ4v) is 7.82. The zero-order chi connectivity index (χ0) is 24.3. The smallest absolute Gasteiger partial charge is 0.244 e. The molecule has 34 heavy (non-hydrogen) atoms. The number of hydrogen-bond acceptors (Lipinski definition) is 7. The molecule has 1 saturated heterocycles. The van der Waals surface area contributed by atoms with Gasteiger partial charge in [0, 0.05) is 17.6 Å². The quantitative estimate of drug-likeness (QED) is 0.627. The molecule has 2 saturated carbocycles. The van der Waals surface area contributed by atoms with E-state index in [-0.39, 0.29) is 28.8 Å². The highest BCUT2D eigenvalue weighted by atomic mass is 35.5. The molecule has 3 fully saturated rings. The van der Waals surface area contributed by atoms with Gasteiger partial charge in [-0.3, -0.25) is 9.59 Å². The third-order valence-electron chi connectivity index (χ3n) is 6.92. The van der Waals surface area contributed by atoms with Crippen LogP contribution >= 0.6 is 22.9 Å². The van der Waals surface area contributed by atoms with Gasteiger partial charge in [0.05, 0.1) is 21.2 Å². The standard InChI is InChI=1S/C23H23ClN4O4S2/c1-14-12-33-20(26-14)23(8-9-23)21(30)28-11-15(34(31,32)18-5-3-2-4-16(18)24)10-17(28)19(29)27-22(13-25)6-7-22/h2-5,12,15,17H,6-11H2,1H3,(H,27,29)/t15-,17+/m1/s1. The first-order chi connectivity index (χ1) is 16.1. The van der Waals surface area contributed by atoms with Gasteiger partial charge in [-0.15, -0.1) is 11.3 Å². The Kier molecular flexibility index (Phi) is 5.50. The number of carbonyl (C=O) groups is 2. The number of carbonyl (C=O) groups excluding carboxylic acids is 2. The van der Waals surface area contributed by atoms with Gasteiger partial charge in [-0.2, -0.15) is 5.26 Å². The summed E-state index contributed by atoms with van der Waals surface area (Å²) in [5, 5.41) is 13.9. The molecule has 2 aliphatic carbocycles. The van der Waals surface area contributed by atoms with Crippen LogP contribution in [0.2, 0.25) is 5.02 Å². The number of benzene rings is 1. The fraction of sp³-hybridized carbons (Fsp3) is 0.478. The first-order valence-corrected chi connectivity index (χ1v) is 13.9. The van der Waals surface area contributed by atoms with E-state index in [1.807, 2.05) is 12.3 Å². The van der Waals surface area contributed by atoms with Gasteiger partial charge in [0.2, 0.25) is 11.8 Å². The number of nitrogens with one attached hydrogen (secondary N) is 1.